The predicted octanol–water partition coefficient (Wildman–Crippen LogP) is 1.87. The minimum Gasteiger partial charge on any atom is -0.480 e. The number of amides is 2. The molecule has 17 heavy (non-hydrogen) atoms. The molecule has 5 nitrogen and oxygen atoms in total. The molecule has 0 aromatic rings. The third-order valence-electron chi connectivity index (χ3n) is 3.66. The van der Waals surface area contributed by atoms with E-state index in [0.717, 1.165) is 25.7 Å². The van der Waals surface area contributed by atoms with Gasteiger partial charge < -0.3 is 15.7 Å². The van der Waals surface area contributed by atoms with Crippen LogP contribution in [0.5, 0.6) is 0 Å². The molecule has 0 spiro atoms. The number of nitrogens with one attached hydrogen (secondary N) is 2. The van der Waals surface area contributed by atoms with Gasteiger partial charge in [-0.05, 0) is 25.7 Å². The lowest BCUT2D eigenvalue weighted by atomic mass is 9.93. The normalized spacial score (nSPS) is 16.8. The minimum atomic E-state index is -1.14. The number of carbonyl (C=O) groups is 2. The van der Waals surface area contributed by atoms with E-state index in [-0.39, 0.29) is 12.1 Å². The maximum atomic E-state index is 11.8. The van der Waals surface area contributed by atoms with Crippen molar-refractivity contribution in [2.45, 2.75) is 64.0 Å². The molecule has 1 aliphatic rings. The van der Waals surface area contributed by atoms with Gasteiger partial charge in [0.2, 0.25) is 0 Å². The molecule has 5 heteroatoms. The summed E-state index contributed by atoms with van der Waals surface area (Å²) >= 11 is 0. The zero-order chi connectivity index (χ0) is 12.9. The molecule has 0 aromatic heterocycles. The Morgan fingerprint density at radius 3 is 2.18 bits per heavy atom. The summed E-state index contributed by atoms with van der Waals surface area (Å²) in [6.45, 7) is 3.54. The van der Waals surface area contributed by atoms with Crippen LogP contribution in [0.1, 0.15) is 52.4 Å². The van der Waals surface area contributed by atoms with Gasteiger partial charge >= 0.3 is 12.0 Å². The average molecular weight is 242 g/mol. The van der Waals surface area contributed by atoms with Crippen molar-refractivity contribution < 1.29 is 14.7 Å². The van der Waals surface area contributed by atoms with Gasteiger partial charge in [0.15, 0.2) is 0 Å². The highest BCUT2D eigenvalue weighted by Crippen LogP contribution is 2.18. The molecule has 1 saturated carbocycles. The summed E-state index contributed by atoms with van der Waals surface area (Å²) in [6, 6.07) is -0.154. The van der Waals surface area contributed by atoms with Crippen molar-refractivity contribution in [1.29, 1.82) is 0 Å². The van der Waals surface area contributed by atoms with E-state index in [2.05, 4.69) is 10.6 Å². The van der Waals surface area contributed by atoms with Crippen LogP contribution in [0, 0.1) is 0 Å². The van der Waals surface area contributed by atoms with Crippen molar-refractivity contribution in [3.63, 3.8) is 0 Å². The second kappa shape index (κ2) is 5.89. The summed E-state index contributed by atoms with van der Waals surface area (Å²) < 4.78 is 0. The van der Waals surface area contributed by atoms with Crippen LogP contribution in [0.4, 0.5) is 4.79 Å². The largest absolute Gasteiger partial charge is 0.480 e. The van der Waals surface area contributed by atoms with E-state index >= 15 is 0 Å². The van der Waals surface area contributed by atoms with Crippen LogP contribution in [0.15, 0.2) is 0 Å². The molecular formula is C12H22N2O3. The molecule has 0 aliphatic heterocycles. The average Bonchev–Trinajstić information content (AvgIpc) is 2.78. The third kappa shape index (κ3) is 3.35. The number of urea groups is 1. The van der Waals surface area contributed by atoms with Crippen molar-refractivity contribution in [3.05, 3.63) is 0 Å². The lowest BCUT2D eigenvalue weighted by Gasteiger charge is -2.28. The fourth-order valence-corrected chi connectivity index (χ4v) is 2.29. The summed E-state index contributed by atoms with van der Waals surface area (Å²) in [5.74, 6) is -0.968. The van der Waals surface area contributed by atoms with E-state index in [1.54, 1.807) is 13.8 Å². The van der Waals surface area contributed by atoms with E-state index < -0.39 is 11.5 Å². The first-order valence-corrected chi connectivity index (χ1v) is 6.36. The number of carboxylic acid groups (broad SMARTS) is 1. The highest BCUT2D eigenvalue weighted by atomic mass is 16.4. The number of rotatable bonds is 5. The highest BCUT2D eigenvalue weighted by molar-refractivity contribution is 5.86. The third-order valence-corrected chi connectivity index (χ3v) is 3.66. The molecule has 1 rings (SSSR count). The first kappa shape index (κ1) is 13.8. The van der Waals surface area contributed by atoms with Crippen LogP contribution in [0.3, 0.4) is 0 Å². The van der Waals surface area contributed by atoms with Crippen LogP contribution >= 0.6 is 0 Å². The molecule has 98 valence electrons. The van der Waals surface area contributed by atoms with E-state index in [4.69, 9.17) is 0 Å². The topological polar surface area (TPSA) is 78.4 Å². The lowest BCUT2D eigenvalue weighted by Crippen LogP contribution is -2.57. The molecule has 0 atom stereocenters. The van der Waals surface area contributed by atoms with Crippen molar-refractivity contribution in [2.24, 2.45) is 0 Å². The van der Waals surface area contributed by atoms with Crippen LogP contribution < -0.4 is 10.6 Å². The SMILES string of the molecule is CCC(CC)(NC(=O)NC1CCCC1)C(=O)O. The fraction of sp³-hybridized carbons (Fsp3) is 0.833. The number of carbonyl (C=O) groups excluding carboxylic acids is 1. The smallest absolute Gasteiger partial charge is 0.329 e. The summed E-state index contributed by atoms with van der Waals surface area (Å²) in [5, 5.41) is 14.6. The number of hydrogen-bond acceptors (Lipinski definition) is 2. The van der Waals surface area contributed by atoms with Gasteiger partial charge in [-0.25, -0.2) is 9.59 Å². The summed E-state index contributed by atoms with van der Waals surface area (Å²) in [7, 11) is 0. The van der Waals surface area contributed by atoms with E-state index in [1.807, 2.05) is 0 Å². The molecule has 0 unspecified atom stereocenters. The van der Waals surface area contributed by atoms with Gasteiger partial charge in [0, 0.05) is 6.04 Å². The second-order valence-corrected chi connectivity index (χ2v) is 4.67. The molecule has 0 bridgehead atoms. The Morgan fingerprint density at radius 1 is 1.24 bits per heavy atom. The molecule has 1 aliphatic carbocycles. The zero-order valence-electron chi connectivity index (χ0n) is 10.6. The fourth-order valence-electron chi connectivity index (χ4n) is 2.29. The van der Waals surface area contributed by atoms with Crippen molar-refractivity contribution in [3.8, 4) is 0 Å². The first-order chi connectivity index (χ1) is 8.04. The molecule has 0 saturated heterocycles. The van der Waals surface area contributed by atoms with Gasteiger partial charge in [-0.3, -0.25) is 0 Å². The molecule has 3 N–H and O–H groups in total. The van der Waals surface area contributed by atoms with Crippen molar-refractivity contribution in [2.75, 3.05) is 0 Å². The standard InChI is InChI=1S/C12H22N2O3/c1-3-12(4-2,10(15)16)14-11(17)13-9-7-5-6-8-9/h9H,3-8H2,1-2H3,(H,15,16)(H2,13,14,17). The van der Waals surface area contributed by atoms with E-state index in [0.29, 0.717) is 12.8 Å². The molecule has 0 radical (unpaired) electrons. The van der Waals surface area contributed by atoms with Crippen molar-refractivity contribution in [1.82, 2.24) is 10.6 Å². The summed E-state index contributed by atoms with van der Waals surface area (Å²) in [5.41, 5.74) is -1.14. The predicted molar refractivity (Wildman–Crippen MR) is 64.9 cm³/mol. The van der Waals surface area contributed by atoms with Crippen LogP contribution in [0.25, 0.3) is 0 Å². The van der Waals surface area contributed by atoms with Crippen molar-refractivity contribution >= 4 is 12.0 Å². The minimum absolute atomic E-state index is 0.204. The summed E-state index contributed by atoms with van der Waals surface area (Å²) in [4.78, 5) is 23.0. The van der Waals surface area contributed by atoms with Crippen LogP contribution in [-0.2, 0) is 4.79 Å². The van der Waals surface area contributed by atoms with Crippen LogP contribution in [-0.4, -0.2) is 28.7 Å². The molecule has 0 heterocycles. The maximum absolute atomic E-state index is 11.8. The lowest BCUT2D eigenvalue weighted by molar-refractivity contribution is -0.144. The summed E-state index contributed by atoms with van der Waals surface area (Å²) in [6.07, 6.45) is 5.03. The second-order valence-electron chi connectivity index (χ2n) is 4.67. The van der Waals surface area contributed by atoms with E-state index in [9.17, 15) is 14.7 Å². The van der Waals surface area contributed by atoms with Crippen LogP contribution in [0.2, 0.25) is 0 Å². The monoisotopic (exact) mass is 242 g/mol. The number of hydrogen-bond donors (Lipinski definition) is 3. The zero-order valence-corrected chi connectivity index (χ0v) is 10.6. The first-order valence-electron chi connectivity index (χ1n) is 6.36. The van der Waals surface area contributed by atoms with Gasteiger partial charge in [0.05, 0.1) is 0 Å². The van der Waals surface area contributed by atoms with Gasteiger partial charge in [-0.1, -0.05) is 26.7 Å². The quantitative estimate of drug-likeness (QED) is 0.688. The van der Waals surface area contributed by atoms with Gasteiger partial charge in [-0.15, -0.1) is 0 Å². The van der Waals surface area contributed by atoms with E-state index in [1.165, 1.54) is 0 Å². The van der Waals surface area contributed by atoms with Gasteiger partial charge in [0.25, 0.3) is 0 Å². The Hall–Kier alpha value is -1.26. The van der Waals surface area contributed by atoms with Gasteiger partial charge in [-0.2, -0.15) is 0 Å². The Labute approximate surface area is 102 Å². The number of carboxylic acids is 1. The highest BCUT2D eigenvalue weighted by Gasteiger charge is 2.36. The Kier molecular flexibility index (Phi) is 4.78. The maximum Gasteiger partial charge on any atom is 0.329 e. The Morgan fingerprint density at radius 2 is 1.76 bits per heavy atom. The number of aliphatic carboxylic acids is 1. The Balaban J connectivity index is 2.54. The molecule has 2 amide bonds. The van der Waals surface area contributed by atoms with Gasteiger partial charge in [0.1, 0.15) is 5.54 Å². The molecule has 0 aromatic carbocycles. The molecular weight excluding hydrogens is 220 g/mol. The molecule has 1 fully saturated rings. The Bertz CT molecular complexity index is 281.